The number of hydrogen-bond acceptors (Lipinski definition) is 6. The predicted molar refractivity (Wildman–Crippen MR) is 121 cm³/mol. The molecule has 2 rings (SSSR count). The van der Waals surface area contributed by atoms with Gasteiger partial charge in [-0.25, -0.2) is 4.79 Å². The van der Waals surface area contributed by atoms with Crippen molar-refractivity contribution in [3.8, 4) is 5.75 Å². The third-order valence-corrected chi connectivity index (χ3v) is 4.32. The topological polar surface area (TPSA) is 96.9 Å². The number of rotatable bonds is 8. The Bertz CT molecular complexity index is 915. The number of anilines is 1. The van der Waals surface area contributed by atoms with Crippen LogP contribution in [-0.4, -0.2) is 41.5 Å². The molecule has 1 atom stereocenters. The second-order valence-electron chi connectivity index (χ2n) is 8.63. The molecule has 3 N–H and O–H groups in total. The molecule has 168 valence electrons. The fourth-order valence-corrected chi connectivity index (χ4v) is 2.68. The van der Waals surface area contributed by atoms with E-state index in [1.807, 2.05) is 39.8 Å². The number of aliphatic hydroxyl groups is 1. The highest BCUT2D eigenvalue weighted by Crippen LogP contribution is 2.27. The first-order valence-corrected chi connectivity index (χ1v) is 10.3. The molecule has 0 saturated heterocycles. The number of nitrogens with one attached hydrogen (secondary N) is 2. The number of amides is 1. The molecule has 0 heterocycles. The van der Waals surface area contributed by atoms with Crippen molar-refractivity contribution in [3.63, 3.8) is 0 Å². The van der Waals surface area contributed by atoms with E-state index in [2.05, 4.69) is 10.6 Å². The molecule has 0 fully saturated rings. The summed E-state index contributed by atoms with van der Waals surface area (Å²) in [5.41, 5.74) is 1.85. The van der Waals surface area contributed by atoms with Crippen molar-refractivity contribution < 1.29 is 24.2 Å². The van der Waals surface area contributed by atoms with Crippen LogP contribution in [0, 0.1) is 6.92 Å². The van der Waals surface area contributed by atoms with Gasteiger partial charge < -0.3 is 25.2 Å². The summed E-state index contributed by atoms with van der Waals surface area (Å²) in [5, 5.41) is 16.6. The summed E-state index contributed by atoms with van der Waals surface area (Å²) in [6.45, 7) is 11.4. The van der Waals surface area contributed by atoms with Crippen molar-refractivity contribution in [2.45, 2.75) is 52.9 Å². The van der Waals surface area contributed by atoms with Gasteiger partial charge in [-0.2, -0.15) is 0 Å². The van der Waals surface area contributed by atoms with E-state index in [4.69, 9.17) is 9.47 Å². The van der Waals surface area contributed by atoms with E-state index in [0.29, 0.717) is 11.3 Å². The van der Waals surface area contributed by atoms with E-state index < -0.39 is 11.8 Å². The Hall–Kier alpha value is -2.90. The quantitative estimate of drug-likeness (QED) is 0.436. The monoisotopic (exact) mass is 428 g/mol. The molecule has 0 aromatic heterocycles. The van der Waals surface area contributed by atoms with Gasteiger partial charge in [0.05, 0.1) is 13.2 Å². The number of esters is 1. The van der Waals surface area contributed by atoms with Crippen molar-refractivity contribution >= 4 is 17.6 Å². The van der Waals surface area contributed by atoms with Crippen LogP contribution in [0.15, 0.2) is 42.5 Å². The lowest BCUT2D eigenvalue weighted by Crippen LogP contribution is -2.49. The zero-order chi connectivity index (χ0) is 23.2. The molecule has 1 unspecified atom stereocenters. The van der Waals surface area contributed by atoms with Crippen LogP contribution in [0.1, 0.15) is 60.9 Å². The minimum absolute atomic E-state index is 0.111. The molecule has 7 heteroatoms. The van der Waals surface area contributed by atoms with Crippen LogP contribution in [0.2, 0.25) is 0 Å². The average Bonchev–Trinajstić information content (AvgIpc) is 2.67. The first-order chi connectivity index (χ1) is 14.4. The van der Waals surface area contributed by atoms with Crippen molar-refractivity contribution in [1.29, 1.82) is 0 Å². The first-order valence-electron chi connectivity index (χ1n) is 10.3. The van der Waals surface area contributed by atoms with E-state index in [0.717, 1.165) is 5.56 Å². The van der Waals surface area contributed by atoms with E-state index >= 15 is 0 Å². The predicted octanol–water partition coefficient (Wildman–Crippen LogP) is 3.90. The summed E-state index contributed by atoms with van der Waals surface area (Å²) in [6.07, 6.45) is 0. The number of hydrogen-bond donors (Lipinski definition) is 3. The lowest BCUT2D eigenvalue weighted by molar-refractivity contribution is -0.121. The van der Waals surface area contributed by atoms with Crippen molar-refractivity contribution in [2.24, 2.45) is 0 Å². The van der Waals surface area contributed by atoms with Gasteiger partial charge in [-0.1, -0.05) is 17.7 Å². The third kappa shape index (κ3) is 7.70. The Morgan fingerprint density at radius 2 is 1.68 bits per heavy atom. The number of β-amino-alcohol motifs (C(OH)–C–C–N with tert-alkyl or cyclic N) is 1. The Labute approximate surface area is 183 Å². The molecule has 2 aromatic carbocycles. The molecule has 0 aliphatic rings. The fraction of sp³-hybridized carbons (Fsp3) is 0.417. The lowest BCUT2D eigenvalue weighted by atomic mass is 10.1. The minimum atomic E-state index is -1.57. The second-order valence-corrected chi connectivity index (χ2v) is 8.63. The SMILES string of the molecule is CCOC(=O)c1cc(NC(=O)c2ccc(C)cc2)ccc1OC(C)(O)CNC(C)(C)C. The van der Waals surface area contributed by atoms with Crippen LogP contribution in [0.5, 0.6) is 5.75 Å². The van der Waals surface area contributed by atoms with Crippen LogP contribution in [-0.2, 0) is 4.74 Å². The molecule has 0 aliphatic carbocycles. The molecule has 0 spiro atoms. The normalized spacial score (nSPS) is 13.3. The highest BCUT2D eigenvalue weighted by molar-refractivity contribution is 6.05. The number of ether oxygens (including phenoxy) is 2. The maximum Gasteiger partial charge on any atom is 0.341 e. The summed E-state index contributed by atoms with van der Waals surface area (Å²) in [5.74, 6) is -2.32. The van der Waals surface area contributed by atoms with E-state index in [1.54, 1.807) is 25.1 Å². The van der Waals surface area contributed by atoms with Gasteiger partial charge in [0, 0.05) is 23.7 Å². The Morgan fingerprint density at radius 1 is 1.03 bits per heavy atom. The molecule has 1 amide bonds. The van der Waals surface area contributed by atoms with E-state index in [9.17, 15) is 14.7 Å². The van der Waals surface area contributed by atoms with Gasteiger partial charge >= 0.3 is 5.97 Å². The van der Waals surface area contributed by atoms with Gasteiger partial charge in [0.1, 0.15) is 11.3 Å². The van der Waals surface area contributed by atoms with Crippen molar-refractivity contribution in [1.82, 2.24) is 5.32 Å². The average molecular weight is 429 g/mol. The summed E-state index contributed by atoms with van der Waals surface area (Å²) in [4.78, 5) is 25.0. The Kier molecular flexibility index (Phi) is 7.81. The summed E-state index contributed by atoms with van der Waals surface area (Å²) < 4.78 is 10.9. The van der Waals surface area contributed by atoms with Crippen LogP contribution < -0.4 is 15.4 Å². The van der Waals surface area contributed by atoms with Crippen LogP contribution in [0.4, 0.5) is 5.69 Å². The highest BCUT2D eigenvalue weighted by atomic mass is 16.6. The van der Waals surface area contributed by atoms with Crippen molar-refractivity contribution in [2.75, 3.05) is 18.5 Å². The van der Waals surface area contributed by atoms with Crippen LogP contribution in [0.25, 0.3) is 0 Å². The van der Waals surface area contributed by atoms with Gasteiger partial charge in [-0.3, -0.25) is 4.79 Å². The lowest BCUT2D eigenvalue weighted by Gasteiger charge is -2.30. The smallest absolute Gasteiger partial charge is 0.341 e. The summed E-state index contributed by atoms with van der Waals surface area (Å²) in [7, 11) is 0. The molecule has 0 aliphatic heterocycles. The molecule has 0 radical (unpaired) electrons. The molecule has 31 heavy (non-hydrogen) atoms. The largest absolute Gasteiger partial charge is 0.462 e. The van der Waals surface area contributed by atoms with Crippen LogP contribution >= 0.6 is 0 Å². The van der Waals surface area contributed by atoms with Gasteiger partial charge in [0.25, 0.3) is 5.91 Å². The zero-order valence-corrected chi connectivity index (χ0v) is 19.0. The Morgan fingerprint density at radius 3 is 2.26 bits per heavy atom. The third-order valence-electron chi connectivity index (χ3n) is 4.32. The van der Waals surface area contributed by atoms with E-state index in [-0.39, 0.29) is 35.9 Å². The van der Waals surface area contributed by atoms with Gasteiger partial charge in [-0.15, -0.1) is 0 Å². The van der Waals surface area contributed by atoms with Crippen LogP contribution in [0.3, 0.4) is 0 Å². The molecule has 2 aromatic rings. The number of aryl methyl sites for hydroxylation is 1. The fourth-order valence-electron chi connectivity index (χ4n) is 2.68. The first kappa shape index (κ1) is 24.4. The minimum Gasteiger partial charge on any atom is -0.462 e. The maximum absolute atomic E-state index is 12.5. The number of carbonyl (C=O) groups is 2. The Balaban J connectivity index is 2.25. The molecule has 7 nitrogen and oxygen atoms in total. The van der Waals surface area contributed by atoms with Crippen molar-refractivity contribution in [3.05, 3.63) is 59.2 Å². The molecular formula is C24H32N2O5. The van der Waals surface area contributed by atoms with Gasteiger partial charge in [0.2, 0.25) is 5.79 Å². The molecular weight excluding hydrogens is 396 g/mol. The van der Waals surface area contributed by atoms with Gasteiger partial charge in [0.15, 0.2) is 0 Å². The zero-order valence-electron chi connectivity index (χ0n) is 19.0. The van der Waals surface area contributed by atoms with E-state index in [1.165, 1.54) is 19.1 Å². The summed E-state index contributed by atoms with van der Waals surface area (Å²) in [6, 6.07) is 11.8. The number of carbonyl (C=O) groups excluding carboxylic acids is 2. The standard InChI is InChI=1S/C24H32N2O5/c1-7-30-22(28)19-14-18(26-21(27)17-10-8-16(2)9-11-17)12-13-20(19)31-24(6,29)15-25-23(3,4)5/h8-14,25,29H,7,15H2,1-6H3,(H,26,27). The summed E-state index contributed by atoms with van der Waals surface area (Å²) >= 11 is 0. The molecule has 0 bridgehead atoms. The maximum atomic E-state index is 12.5. The molecule has 0 saturated carbocycles. The van der Waals surface area contributed by atoms with Gasteiger partial charge in [-0.05, 0) is 65.0 Å². The highest BCUT2D eigenvalue weighted by Gasteiger charge is 2.27. The second kappa shape index (κ2) is 9.94. The number of benzene rings is 2.